The molecule has 1 aromatic rings. The Labute approximate surface area is 157 Å². The standard InChI is InChI=1S/C19H31BN2O4/c1-18(2)19(3,4)26-20(25-18)15-6-7-16(17(14-15)23-5)24-13-12-22-10-8-21-9-11-22/h6-7,14,21H,8-13H2,1-5H3. The van der Waals surface area contributed by atoms with Gasteiger partial charge in [-0.3, -0.25) is 4.90 Å². The highest BCUT2D eigenvalue weighted by molar-refractivity contribution is 6.62. The third-order valence-electron chi connectivity index (χ3n) is 5.59. The smallest absolute Gasteiger partial charge is 0.493 e. The number of methoxy groups -OCH3 is 1. The van der Waals surface area contributed by atoms with Gasteiger partial charge in [-0.25, -0.2) is 0 Å². The molecule has 0 aliphatic carbocycles. The predicted molar refractivity (Wildman–Crippen MR) is 104 cm³/mol. The van der Waals surface area contributed by atoms with Crippen molar-refractivity contribution in [1.29, 1.82) is 0 Å². The van der Waals surface area contributed by atoms with Crippen molar-refractivity contribution in [2.24, 2.45) is 0 Å². The highest BCUT2D eigenvalue weighted by Gasteiger charge is 2.51. The monoisotopic (exact) mass is 362 g/mol. The minimum atomic E-state index is -0.399. The molecule has 2 aliphatic rings. The maximum absolute atomic E-state index is 6.12. The van der Waals surface area contributed by atoms with E-state index in [1.807, 2.05) is 18.2 Å². The summed E-state index contributed by atoms with van der Waals surface area (Å²) in [5, 5.41) is 3.36. The molecule has 3 rings (SSSR count). The van der Waals surface area contributed by atoms with Crippen LogP contribution < -0.4 is 20.3 Å². The summed E-state index contributed by atoms with van der Waals surface area (Å²) in [6.45, 7) is 14.0. The molecule has 0 unspecified atom stereocenters. The van der Waals surface area contributed by atoms with Crippen molar-refractivity contribution in [1.82, 2.24) is 10.2 Å². The van der Waals surface area contributed by atoms with Gasteiger partial charge in [0.15, 0.2) is 11.5 Å². The van der Waals surface area contributed by atoms with Crippen LogP contribution in [0.15, 0.2) is 18.2 Å². The second-order valence-corrected chi connectivity index (χ2v) is 7.94. The number of piperazine rings is 1. The molecule has 7 heteroatoms. The predicted octanol–water partition coefficient (Wildman–Crippen LogP) is 1.28. The van der Waals surface area contributed by atoms with E-state index in [1.165, 1.54) is 0 Å². The molecule has 2 fully saturated rings. The maximum atomic E-state index is 6.12. The second kappa shape index (κ2) is 7.76. The van der Waals surface area contributed by atoms with Crippen molar-refractivity contribution in [2.45, 2.75) is 38.9 Å². The lowest BCUT2D eigenvalue weighted by molar-refractivity contribution is 0.00578. The summed E-state index contributed by atoms with van der Waals surface area (Å²) in [5.41, 5.74) is 0.224. The van der Waals surface area contributed by atoms with Crippen LogP contribution >= 0.6 is 0 Å². The molecule has 144 valence electrons. The summed E-state index contributed by atoms with van der Waals surface area (Å²) in [6, 6.07) is 5.88. The fraction of sp³-hybridized carbons (Fsp3) is 0.684. The molecule has 2 saturated heterocycles. The fourth-order valence-corrected chi connectivity index (χ4v) is 3.15. The van der Waals surface area contributed by atoms with E-state index in [1.54, 1.807) is 7.11 Å². The Bertz CT molecular complexity index is 602. The van der Waals surface area contributed by atoms with Crippen LogP contribution in [0, 0.1) is 0 Å². The molecule has 2 aliphatic heterocycles. The first-order valence-corrected chi connectivity index (χ1v) is 9.42. The summed E-state index contributed by atoms with van der Waals surface area (Å²) in [4.78, 5) is 2.40. The number of ether oxygens (including phenoxy) is 2. The van der Waals surface area contributed by atoms with Crippen LogP contribution in [-0.4, -0.2) is 69.7 Å². The Balaban J connectivity index is 1.62. The Morgan fingerprint density at radius 1 is 1.08 bits per heavy atom. The lowest BCUT2D eigenvalue weighted by atomic mass is 9.79. The van der Waals surface area contributed by atoms with E-state index in [-0.39, 0.29) is 11.2 Å². The van der Waals surface area contributed by atoms with E-state index in [4.69, 9.17) is 18.8 Å². The van der Waals surface area contributed by atoms with Crippen LogP contribution in [0.4, 0.5) is 0 Å². The first-order valence-electron chi connectivity index (χ1n) is 9.42. The normalized spacial score (nSPS) is 22.4. The van der Waals surface area contributed by atoms with Gasteiger partial charge in [-0.1, -0.05) is 6.07 Å². The molecule has 1 N–H and O–H groups in total. The summed E-state index contributed by atoms with van der Waals surface area (Å²) in [5.74, 6) is 1.46. The van der Waals surface area contributed by atoms with Crippen LogP contribution in [0.5, 0.6) is 11.5 Å². The van der Waals surface area contributed by atoms with Crippen LogP contribution in [0.25, 0.3) is 0 Å². The van der Waals surface area contributed by atoms with Gasteiger partial charge in [0.1, 0.15) is 6.61 Å². The molecule has 0 atom stereocenters. The number of hydrogen-bond acceptors (Lipinski definition) is 6. The summed E-state index contributed by atoms with van der Waals surface area (Å²) in [6.07, 6.45) is 0. The molecule has 0 amide bonds. The average Bonchev–Trinajstić information content (AvgIpc) is 2.83. The number of benzene rings is 1. The molecule has 26 heavy (non-hydrogen) atoms. The van der Waals surface area contributed by atoms with E-state index < -0.39 is 7.12 Å². The fourth-order valence-electron chi connectivity index (χ4n) is 3.15. The van der Waals surface area contributed by atoms with E-state index in [2.05, 4.69) is 37.9 Å². The zero-order valence-electron chi connectivity index (χ0n) is 16.6. The minimum absolute atomic E-state index is 0.358. The van der Waals surface area contributed by atoms with Gasteiger partial charge < -0.3 is 24.1 Å². The Morgan fingerprint density at radius 3 is 2.35 bits per heavy atom. The average molecular weight is 362 g/mol. The molecule has 6 nitrogen and oxygen atoms in total. The molecular weight excluding hydrogens is 331 g/mol. The van der Waals surface area contributed by atoms with Crippen LogP contribution in [0.1, 0.15) is 27.7 Å². The van der Waals surface area contributed by atoms with Gasteiger partial charge in [0.25, 0.3) is 0 Å². The quantitative estimate of drug-likeness (QED) is 0.770. The van der Waals surface area contributed by atoms with E-state index >= 15 is 0 Å². The van der Waals surface area contributed by atoms with Gasteiger partial charge in [0.2, 0.25) is 0 Å². The number of nitrogens with zero attached hydrogens (tertiary/aromatic N) is 1. The molecular formula is C19H31BN2O4. The van der Waals surface area contributed by atoms with Crippen LogP contribution in [-0.2, 0) is 9.31 Å². The zero-order valence-corrected chi connectivity index (χ0v) is 16.6. The highest BCUT2D eigenvalue weighted by atomic mass is 16.7. The number of rotatable bonds is 6. The van der Waals surface area contributed by atoms with Crippen molar-refractivity contribution in [2.75, 3.05) is 46.4 Å². The van der Waals surface area contributed by atoms with E-state index in [0.29, 0.717) is 12.4 Å². The molecule has 0 bridgehead atoms. The molecule has 2 heterocycles. The van der Waals surface area contributed by atoms with Crippen molar-refractivity contribution < 1.29 is 18.8 Å². The molecule has 1 aromatic carbocycles. The van der Waals surface area contributed by atoms with Gasteiger partial charge in [0.05, 0.1) is 18.3 Å². The SMILES string of the molecule is COc1cc(B2OC(C)(C)C(C)(C)O2)ccc1OCCN1CCNCC1. The third-order valence-corrected chi connectivity index (χ3v) is 5.59. The van der Waals surface area contributed by atoms with E-state index in [9.17, 15) is 0 Å². The first kappa shape index (κ1) is 19.5. The highest BCUT2D eigenvalue weighted by Crippen LogP contribution is 2.37. The molecule has 0 aromatic heterocycles. The van der Waals surface area contributed by atoms with Gasteiger partial charge in [-0.2, -0.15) is 0 Å². The Kier molecular flexibility index (Phi) is 5.82. The number of hydrogen-bond donors (Lipinski definition) is 1. The van der Waals surface area contributed by atoms with Crippen molar-refractivity contribution in [3.63, 3.8) is 0 Å². The van der Waals surface area contributed by atoms with Gasteiger partial charge in [-0.05, 0) is 45.3 Å². The summed E-state index contributed by atoms with van der Waals surface area (Å²) >= 11 is 0. The maximum Gasteiger partial charge on any atom is 0.494 e. The number of nitrogens with one attached hydrogen (secondary N) is 1. The van der Waals surface area contributed by atoms with Crippen LogP contribution in [0.2, 0.25) is 0 Å². The largest absolute Gasteiger partial charge is 0.494 e. The minimum Gasteiger partial charge on any atom is -0.493 e. The molecule has 0 radical (unpaired) electrons. The lowest BCUT2D eigenvalue weighted by Crippen LogP contribution is -2.44. The van der Waals surface area contributed by atoms with Gasteiger partial charge in [-0.15, -0.1) is 0 Å². The Hall–Kier alpha value is -1.28. The first-order chi connectivity index (χ1) is 12.3. The molecule has 0 spiro atoms. The summed E-state index contributed by atoms with van der Waals surface area (Å²) in [7, 11) is 1.26. The molecule has 0 saturated carbocycles. The topological polar surface area (TPSA) is 52.2 Å². The van der Waals surface area contributed by atoms with Crippen LogP contribution in [0.3, 0.4) is 0 Å². The Morgan fingerprint density at radius 2 is 1.73 bits per heavy atom. The van der Waals surface area contributed by atoms with Crippen molar-refractivity contribution >= 4 is 12.6 Å². The van der Waals surface area contributed by atoms with E-state index in [0.717, 1.165) is 43.9 Å². The third kappa shape index (κ3) is 4.17. The van der Waals surface area contributed by atoms with Crippen molar-refractivity contribution in [3.8, 4) is 11.5 Å². The van der Waals surface area contributed by atoms with Crippen molar-refractivity contribution in [3.05, 3.63) is 18.2 Å². The lowest BCUT2D eigenvalue weighted by Gasteiger charge is -2.32. The summed E-state index contributed by atoms with van der Waals surface area (Å²) < 4.78 is 23.7. The van der Waals surface area contributed by atoms with Gasteiger partial charge >= 0.3 is 7.12 Å². The second-order valence-electron chi connectivity index (χ2n) is 7.94. The van der Waals surface area contributed by atoms with Gasteiger partial charge in [0, 0.05) is 32.7 Å². The zero-order chi connectivity index (χ0) is 18.8.